The van der Waals surface area contributed by atoms with Gasteiger partial charge < -0.3 is 15.0 Å². The highest BCUT2D eigenvalue weighted by molar-refractivity contribution is 7.14. The Morgan fingerprint density at radius 1 is 1.15 bits per heavy atom. The normalized spacial score (nSPS) is 10.8. The van der Waals surface area contributed by atoms with Crippen molar-refractivity contribution in [2.24, 2.45) is 0 Å². The van der Waals surface area contributed by atoms with Crippen molar-refractivity contribution in [2.45, 2.75) is 20.8 Å². The van der Waals surface area contributed by atoms with Gasteiger partial charge >= 0.3 is 5.97 Å². The summed E-state index contributed by atoms with van der Waals surface area (Å²) in [4.78, 5) is 23.1. The highest BCUT2D eigenvalue weighted by Crippen LogP contribution is 2.30. The average Bonchev–Trinajstić information content (AvgIpc) is 3.51. The molecule has 4 aromatic rings. The van der Waals surface area contributed by atoms with Crippen molar-refractivity contribution < 1.29 is 9.53 Å². The monoisotopic (exact) mass is 461 g/mol. The largest absolute Gasteiger partial charge is 0.464 e. The predicted octanol–water partition coefficient (Wildman–Crippen LogP) is 5.68. The smallest absolute Gasteiger partial charge is 0.356 e. The molecule has 7 nitrogen and oxygen atoms in total. The van der Waals surface area contributed by atoms with Gasteiger partial charge in [-0.1, -0.05) is 12.1 Å². The fourth-order valence-electron chi connectivity index (χ4n) is 3.70. The van der Waals surface area contributed by atoms with Crippen LogP contribution in [0.25, 0.3) is 16.9 Å². The summed E-state index contributed by atoms with van der Waals surface area (Å²) >= 11 is 1.57. The molecule has 0 atom stereocenters. The molecule has 0 spiro atoms. The van der Waals surface area contributed by atoms with Gasteiger partial charge in [-0.15, -0.1) is 11.3 Å². The molecule has 4 rings (SSSR count). The Morgan fingerprint density at radius 3 is 2.58 bits per heavy atom. The molecule has 0 amide bonds. The summed E-state index contributed by atoms with van der Waals surface area (Å²) < 4.78 is 6.52. The van der Waals surface area contributed by atoms with E-state index in [1.807, 2.05) is 29.6 Å². The first-order chi connectivity index (χ1) is 16.0. The van der Waals surface area contributed by atoms with Crippen molar-refractivity contribution in [1.82, 2.24) is 14.5 Å². The van der Waals surface area contributed by atoms with E-state index >= 15 is 0 Å². The minimum absolute atomic E-state index is 0.382. The molecule has 0 radical (unpaired) electrons. The fraction of sp³-hybridized carbons (Fsp3) is 0.240. The molecule has 1 N–H and O–H groups in total. The number of hydrogen-bond donors (Lipinski definition) is 1. The number of nitrogens with zero attached hydrogens (tertiary/aromatic N) is 4. The van der Waals surface area contributed by atoms with Gasteiger partial charge in [0.15, 0.2) is 10.8 Å². The minimum Gasteiger partial charge on any atom is -0.464 e. The number of aryl methyl sites for hydroxylation is 1. The van der Waals surface area contributed by atoms with Crippen LogP contribution in [0.15, 0.2) is 60.4 Å². The summed E-state index contributed by atoms with van der Waals surface area (Å²) in [7, 11) is 1.36. The number of methoxy groups -OCH3 is 1. The Hall–Kier alpha value is -3.65. The van der Waals surface area contributed by atoms with Gasteiger partial charge in [-0.25, -0.2) is 14.8 Å². The number of anilines is 3. The van der Waals surface area contributed by atoms with Crippen molar-refractivity contribution in [1.29, 1.82) is 0 Å². The van der Waals surface area contributed by atoms with Crippen LogP contribution in [0.3, 0.4) is 0 Å². The number of carbonyl (C=O) groups excluding carboxylic acids is 1. The summed E-state index contributed by atoms with van der Waals surface area (Å²) in [6, 6.07) is 14.3. The highest BCUT2D eigenvalue weighted by Gasteiger charge is 2.14. The van der Waals surface area contributed by atoms with Crippen molar-refractivity contribution in [3.05, 3.63) is 71.6 Å². The molecule has 0 saturated heterocycles. The van der Waals surface area contributed by atoms with E-state index in [1.54, 1.807) is 22.2 Å². The Kier molecular flexibility index (Phi) is 6.74. The first-order valence-electron chi connectivity index (χ1n) is 10.8. The number of imidazole rings is 1. The zero-order chi connectivity index (χ0) is 23.4. The molecule has 0 aliphatic heterocycles. The lowest BCUT2D eigenvalue weighted by Crippen LogP contribution is -2.21. The van der Waals surface area contributed by atoms with E-state index in [0.717, 1.165) is 40.9 Å². The van der Waals surface area contributed by atoms with Crippen LogP contribution in [0.5, 0.6) is 0 Å². The Bertz CT molecular complexity index is 1240. The number of benzene rings is 2. The number of aromatic nitrogens is 3. The summed E-state index contributed by atoms with van der Waals surface area (Å²) in [5.74, 6) is -0.424. The van der Waals surface area contributed by atoms with Crippen LogP contribution < -0.4 is 10.2 Å². The quantitative estimate of drug-likeness (QED) is 0.340. The molecule has 0 fully saturated rings. The van der Waals surface area contributed by atoms with Gasteiger partial charge in [-0.2, -0.15) is 0 Å². The maximum atomic E-state index is 11.9. The summed E-state index contributed by atoms with van der Waals surface area (Å²) in [5, 5.41) is 6.33. The van der Waals surface area contributed by atoms with Crippen LogP contribution in [0, 0.1) is 6.92 Å². The third-order valence-corrected chi connectivity index (χ3v) is 6.32. The molecule has 170 valence electrons. The van der Waals surface area contributed by atoms with Crippen LogP contribution in [-0.2, 0) is 4.74 Å². The Morgan fingerprint density at radius 2 is 1.91 bits per heavy atom. The second-order valence-corrected chi connectivity index (χ2v) is 8.38. The van der Waals surface area contributed by atoms with Gasteiger partial charge in [-0.05, 0) is 56.7 Å². The Balaban J connectivity index is 1.50. The molecule has 0 aliphatic rings. The van der Waals surface area contributed by atoms with Crippen molar-refractivity contribution >= 4 is 33.8 Å². The van der Waals surface area contributed by atoms with E-state index in [1.165, 1.54) is 24.6 Å². The molecule has 0 saturated carbocycles. The van der Waals surface area contributed by atoms with Gasteiger partial charge in [0.25, 0.3) is 0 Å². The zero-order valence-corrected chi connectivity index (χ0v) is 20.0. The lowest BCUT2D eigenvalue weighted by Gasteiger charge is -2.22. The molecule has 2 aromatic heterocycles. The van der Waals surface area contributed by atoms with Crippen molar-refractivity contribution in [3.63, 3.8) is 0 Å². The molecule has 2 heterocycles. The topological polar surface area (TPSA) is 72.3 Å². The van der Waals surface area contributed by atoms with Crippen LogP contribution in [0.2, 0.25) is 0 Å². The molecule has 8 heteroatoms. The first-order valence-corrected chi connectivity index (χ1v) is 11.7. The number of hydrogen-bond acceptors (Lipinski definition) is 7. The van der Waals surface area contributed by atoms with E-state index < -0.39 is 5.97 Å². The summed E-state index contributed by atoms with van der Waals surface area (Å²) in [5.41, 5.74) is 6.57. The molecular weight excluding hydrogens is 434 g/mol. The molecule has 33 heavy (non-hydrogen) atoms. The molecule has 0 unspecified atom stereocenters. The lowest BCUT2D eigenvalue weighted by atomic mass is 10.1. The van der Waals surface area contributed by atoms with E-state index in [9.17, 15) is 4.79 Å². The standard InChI is InChI=1S/C25H27N5O2S/c1-5-29(6-2)20-11-12-21(17(3)13-20)27-25-28-22(15-33-25)18-7-9-19(10-8-18)30-16-26-14-23(30)24(31)32-4/h7-16H,5-6H2,1-4H3,(H,27,28). The van der Waals surface area contributed by atoms with E-state index in [-0.39, 0.29) is 0 Å². The molecule has 0 bridgehead atoms. The second kappa shape index (κ2) is 9.87. The molecule has 0 aliphatic carbocycles. The fourth-order valence-corrected chi connectivity index (χ4v) is 4.43. The molecular formula is C25H27N5O2S. The summed E-state index contributed by atoms with van der Waals surface area (Å²) in [6.07, 6.45) is 3.09. The van der Waals surface area contributed by atoms with Gasteiger partial charge in [-0.3, -0.25) is 4.57 Å². The van der Waals surface area contributed by atoms with E-state index in [2.05, 4.69) is 54.2 Å². The lowest BCUT2D eigenvalue weighted by molar-refractivity contribution is 0.0591. The van der Waals surface area contributed by atoms with Gasteiger partial charge in [0.1, 0.15) is 0 Å². The van der Waals surface area contributed by atoms with Crippen LogP contribution in [0.1, 0.15) is 29.9 Å². The van der Waals surface area contributed by atoms with E-state index in [0.29, 0.717) is 5.69 Å². The maximum absolute atomic E-state index is 11.9. The number of ether oxygens (including phenoxy) is 1. The molecule has 2 aromatic carbocycles. The van der Waals surface area contributed by atoms with Crippen LogP contribution >= 0.6 is 11.3 Å². The Labute approximate surface area is 197 Å². The minimum atomic E-state index is -0.424. The SMILES string of the molecule is CCN(CC)c1ccc(Nc2nc(-c3ccc(-n4cncc4C(=O)OC)cc3)cs2)c(C)c1. The highest BCUT2D eigenvalue weighted by atomic mass is 32.1. The van der Waals surface area contributed by atoms with Crippen LogP contribution in [0.4, 0.5) is 16.5 Å². The number of nitrogens with one attached hydrogen (secondary N) is 1. The number of thiazole rings is 1. The number of rotatable bonds is 8. The average molecular weight is 462 g/mol. The zero-order valence-electron chi connectivity index (χ0n) is 19.2. The number of carbonyl (C=O) groups is 1. The van der Waals surface area contributed by atoms with E-state index in [4.69, 9.17) is 9.72 Å². The van der Waals surface area contributed by atoms with Gasteiger partial charge in [0.2, 0.25) is 0 Å². The van der Waals surface area contributed by atoms with Crippen molar-refractivity contribution in [2.75, 3.05) is 30.4 Å². The first kappa shape index (κ1) is 22.5. The summed E-state index contributed by atoms with van der Waals surface area (Å²) in [6.45, 7) is 8.43. The van der Waals surface area contributed by atoms with Gasteiger partial charge in [0, 0.05) is 41.1 Å². The van der Waals surface area contributed by atoms with Crippen molar-refractivity contribution in [3.8, 4) is 16.9 Å². The van der Waals surface area contributed by atoms with Gasteiger partial charge in [0.05, 0.1) is 25.3 Å². The predicted molar refractivity (Wildman–Crippen MR) is 134 cm³/mol. The number of esters is 1. The maximum Gasteiger partial charge on any atom is 0.356 e. The third-order valence-electron chi connectivity index (χ3n) is 5.56. The second-order valence-electron chi connectivity index (χ2n) is 7.52. The third kappa shape index (κ3) is 4.75. The van der Waals surface area contributed by atoms with Crippen LogP contribution in [-0.4, -0.2) is 40.7 Å².